The van der Waals surface area contributed by atoms with Crippen molar-refractivity contribution in [2.24, 2.45) is 0 Å². The van der Waals surface area contributed by atoms with Gasteiger partial charge in [-0.15, -0.1) is 0 Å². The van der Waals surface area contributed by atoms with Gasteiger partial charge in [0.25, 0.3) is 0 Å². The van der Waals surface area contributed by atoms with Gasteiger partial charge in [-0.1, -0.05) is 6.42 Å². The van der Waals surface area contributed by atoms with Crippen LogP contribution in [0.5, 0.6) is 0 Å². The zero-order valence-electron chi connectivity index (χ0n) is 12.3. The summed E-state index contributed by atoms with van der Waals surface area (Å²) in [5.74, 6) is 0. The molecule has 2 aliphatic rings. The predicted octanol–water partition coefficient (Wildman–Crippen LogP) is 1.42. The smallest absolute Gasteiger partial charge is 0.0948 e. The lowest BCUT2D eigenvalue weighted by molar-refractivity contribution is 0.0369. The van der Waals surface area contributed by atoms with Crippen LogP contribution in [-0.2, 0) is 11.3 Å². The van der Waals surface area contributed by atoms with E-state index < -0.39 is 0 Å². The Kier molecular flexibility index (Phi) is 5.06. The molecule has 0 saturated carbocycles. The molecule has 0 spiro atoms. The van der Waals surface area contributed by atoms with Crippen molar-refractivity contribution >= 4 is 0 Å². The quantitative estimate of drug-likeness (QED) is 0.884. The van der Waals surface area contributed by atoms with Gasteiger partial charge < -0.3 is 14.6 Å². The van der Waals surface area contributed by atoms with E-state index in [4.69, 9.17) is 4.74 Å². The van der Waals surface area contributed by atoms with Crippen LogP contribution in [0.25, 0.3) is 0 Å². The Balaban J connectivity index is 1.48. The number of nitrogens with zero attached hydrogens (tertiary/aromatic N) is 3. The Morgan fingerprint density at radius 1 is 1.25 bits per heavy atom. The molecule has 1 atom stereocenters. The summed E-state index contributed by atoms with van der Waals surface area (Å²) in [5.41, 5.74) is 1.37. The third kappa shape index (κ3) is 3.59. The molecule has 0 amide bonds. The Bertz CT molecular complexity index is 394. The van der Waals surface area contributed by atoms with Crippen LogP contribution in [0, 0.1) is 0 Å². The van der Waals surface area contributed by atoms with Gasteiger partial charge in [0.1, 0.15) is 0 Å². The Hall–Kier alpha value is -0.910. The number of piperidine rings is 1. The maximum absolute atomic E-state index is 5.39. The van der Waals surface area contributed by atoms with Crippen LogP contribution in [0.15, 0.2) is 12.5 Å². The minimum atomic E-state index is 0.509. The van der Waals surface area contributed by atoms with Crippen LogP contribution in [0.3, 0.4) is 0 Å². The van der Waals surface area contributed by atoms with Crippen LogP contribution in [0.1, 0.15) is 37.4 Å². The summed E-state index contributed by atoms with van der Waals surface area (Å²) < 4.78 is 7.72. The highest BCUT2D eigenvalue weighted by Crippen LogP contribution is 2.22. The maximum Gasteiger partial charge on any atom is 0.0948 e. The molecule has 20 heavy (non-hydrogen) atoms. The van der Waals surface area contributed by atoms with Crippen LogP contribution in [-0.4, -0.2) is 53.8 Å². The number of ether oxygens (including phenoxy) is 1. The first-order valence-electron chi connectivity index (χ1n) is 7.97. The lowest BCUT2D eigenvalue weighted by atomic mass is 10.0. The summed E-state index contributed by atoms with van der Waals surface area (Å²) >= 11 is 0. The first kappa shape index (κ1) is 14.0. The van der Waals surface area contributed by atoms with Crippen molar-refractivity contribution in [3.8, 4) is 0 Å². The fraction of sp³-hybridized carbons (Fsp3) is 0.800. The van der Waals surface area contributed by atoms with E-state index in [1.807, 2.05) is 12.5 Å². The lowest BCUT2D eigenvalue weighted by Crippen LogP contribution is -2.37. The highest BCUT2D eigenvalue weighted by molar-refractivity contribution is 5.06. The molecule has 0 aliphatic carbocycles. The molecule has 1 aromatic heterocycles. The summed E-state index contributed by atoms with van der Waals surface area (Å²) in [6.07, 6.45) is 9.10. The Morgan fingerprint density at radius 2 is 2.15 bits per heavy atom. The average Bonchev–Trinajstić information content (AvgIpc) is 2.98. The van der Waals surface area contributed by atoms with Gasteiger partial charge in [-0.3, -0.25) is 4.90 Å². The number of nitrogens with one attached hydrogen (secondary N) is 1. The second-order valence-corrected chi connectivity index (χ2v) is 5.82. The van der Waals surface area contributed by atoms with Crippen LogP contribution in [0.4, 0.5) is 0 Å². The van der Waals surface area contributed by atoms with E-state index >= 15 is 0 Å². The average molecular weight is 278 g/mol. The molecule has 1 aromatic rings. The zero-order valence-corrected chi connectivity index (χ0v) is 12.3. The fourth-order valence-corrected chi connectivity index (χ4v) is 3.20. The van der Waals surface area contributed by atoms with Crippen molar-refractivity contribution in [2.75, 3.05) is 39.4 Å². The highest BCUT2D eigenvalue weighted by atomic mass is 16.5. The van der Waals surface area contributed by atoms with Crippen molar-refractivity contribution in [2.45, 2.75) is 38.3 Å². The molecule has 1 unspecified atom stereocenters. The van der Waals surface area contributed by atoms with E-state index in [9.17, 15) is 0 Å². The van der Waals surface area contributed by atoms with Crippen molar-refractivity contribution in [3.63, 3.8) is 0 Å². The van der Waals surface area contributed by atoms with E-state index in [1.165, 1.54) is 37.9 Å². The van der Waals surface area contributed by atoms with Gasteiger partial charge in [-0.2, -0.15) is 0 Å². The summed E-state index contributed by atoms with van der Waals surface area (Å²) in [6.45, 7) is 7.33. The van der Waals surface area contributed by atoms with Gasteiger partial charge in [0.15, 0.2) is 0 Å². The molecule has 0 radical (unpaired) electrons. The molecule has 3 rings (SSSR count). The molecule has 0 bridgehead atoms. The summed E-state index contributed by atoms with van der Waals surface area (Å²) in [5, 5.41) is 3.61. The largest absolute Gasteiger partial charge is 0.379 e. The molecule has 5 nitrogen and oxygen atoms in total. The minimum absolute atomic E-state index is 0.509. The number of morpholine rings is 1. The van der Waals surface area contributed by atoms with Crippen molar-refractivity contribution in [3.05, 3.63) is 18.2 Å². The SMILES string of the molecule is c1ncn(CCCN2CCOCC2)c1C1CCCCN1. The predicted molar refractivity (Wildman–Crippen MR) is 78.7 cm³/mol. The monoisotopic (exact) mass is 278 g/mol. The minimum Gasteiger partial charge on any atom is -0.379 e. The molecule has 2 saturated heterocycles. The summed E-state index contributed by atoms with van der Waals surface area (Å²) in [7, 11) is 0. The third-order valence-corrected chi connectivity index (χ3v) is 4.39. The van der Waals surface area contributed by atoms with Gasteiger partial charge in [-0.05, 0) is 25.8 Å². The summed E-state index contributed by atoms with van der Waals surface area (Å²) in [6, 6.07) is 0.509. The van der Waals surface area contributed by atoms with Crippen LogP contribution >= 0.6 is 0 Å². The number of aromatic nitrogens is 2. The second kappa shape index (κ2) is 7.20. The van der Waals surface area contributed by atoms with E-state index in [0.717, 1.165) is 39.4 Å². The second-order valence-electron chi connectivity index (χ2n) is 5.82. The van der Waals surface area contributed by atoms with Gasteiger partial charge in [-0.25, -0.2) is 4.98 Å². The number of rotatable bonds is 5. The Morgan fingerprint density at radius 3 is 2.95 bits per heavy atom. The molecule has 112 valence electrons. The first-order chi connectivity index (χ1) is 9.93. The molecular weight excluding hydrogens is 252 g/mol. The van der Waals surface area contributed by atoms with Crippen molar-refractivity contribution in [1.82, 2.24) is 19.8 Å². The van der Waals surface area contributed by atoms with Gasteiger partial charge in [0.05, 0.1) is 25.2 Å². The summed E-state index contributed by atoms with van der Waals surface area (Å²) in [4.78, 5) is 6.85. The molecule has 0 aromatic carbocycles. The normalized spacial score (nSPS) is 24.9. The van der Waals surface area contributed by atoms with E-state index in [-0.39, 0.29) is 0 Å². The zero-order chi connectivity index (χ0) is 13.6. The molecule has 3 heterocycles. The standard InChI is InChI=1S/C15H26N4O/c1-2-5-17-14(4-1)15-12-16-13-19(15)7-3-6-18-8-10-20-11-9-18/h12-14,17H,1-11H2. The first-order valence-corrected chi connectivity index (χ1v) is 7.97. The van der Waals surface area contributed by atoms with Crippen LogP contribution < -0.4 is 5.32 Å². The fourth-order valence-electron chi connectivity index (χ4n) is 3.20. The van der Waals surface area contributed by atoms with E-state index in [0.29, 0.717) is 6.04 Å². The van der Waals surface area contributed by atoms with Gasteiger partial charge >= 0.3 is 0 Å². The maximum atomic E-state index is 5.39. The molecule has 2 fully saturated rings. The lowest BCUT2D eigenvalue weighted by Gasteiger charge is -2.27. The highest BCUT2D eigenvalue weighted by Gasteiger charge is 2.18. The third-order valence-electron chi connectivity index (χ3n) is 4.39. The number of hydrogen-bond acceptors (Lipinski definition) is 4. The van der Waals surface area contributed by atoms with Crippen molar-refractivity contribution in [1.29, 1.82) is 0 Å². The molecule has 2 aliphatic heterocycles. The van der Waals surface area contributed by atoms with Crippen LogP contribution in [0.2, 0.25) is 0 Å². The topological polar surface area (TPSA) is 42.3 Å². The number of imidazole rings is 1. The van der Waals surface area contributed by atoms with Gasteiger partial charge in [0, 0.05) is 38.4 Å². The van der Waals surface area contributed by atoms with Crippen molar-refractivity contribution < 1.29 is 4.74 Å². The molecule has 1 N–H and O–H groups in total. The molecular formula is C15H26N4O. The molecule has 5 heteroatoms. The van der Waals surface area contributed by atoms with E-state index in [1.54, 1.807) is 0 Å². The van der Waals surface area contributed by atoms with Gasteiger partial charge in [0.2, 0.25) is 0 Å². The number of hydrogen-bond donors (Lipinski definition) is 1. The Labute approximate surface area is 121 Å². The number of aryl methyl sites for hydroxylation is 1. The van der Waals surface area contributed by atoms with E-state index in [2.05, 4.69) is 19.8 Å².